The number of para-hydroxylation sites is 1. The van der Waals surface area contributed by atoms with E-state index in [1.807, 2.05) is 25.1 Å². The van der Waals surface area contributed by atoms with Crippen molar-refractivity contribution in [3.8, 4) is 5.75 Å². The number of piperazine rings is 1. The standard InChI is InChI=1S/C21H32N4O3/c1-3-16(2)23-21(27)15-25-10-8-24(9-11-25)14-20(26)22-13-18-12-17-6-4-5-7-19(17)28-18/h4-7,16,18H,3,8-15H2,1-2H3,(H,22,26)(H,23,27). The number of carbonyl (C=O) groups excluding carboxylic acids is 2. The monoisotopic (exact) mass is 388 g/mol. The highest BCUT2D eigenvalue weighted by molar-refractivity contribution is 5.78. The second-order valence-electron chi connectivity index (χ2n) is 7.78. The van der Waals surface area contributed by atoms with Crippen molar-refractivity contribution in [3.05, 3.63) is 29.8 Å². The van der Waals surface area contributed by atoms with Crippen LogP contribution in [0.25, 0.3) is 0 Å². The number of carbonyl (C=O) groups is 2. The Kier molecular flexibility index (Phi) is 7.28. The largest absolute Gasteiger partial charge is 0.488 e. The lowest BCUT2D eigenvalue weighted by Crippen LogP contribution is -2.52. The number of ether oxygens (including phenoxy) is 1. The first kappa shape index (κ1) is 20.6. The van der Waals surface area contributed by atoms with Gasteiger partial charge in [-0.05, 0) is 25.0 Å². The SMILES string of the molecule is CCC(C)NC(=O)CN1CCN(CC(=O)NCC2Cc3ccccc3O2)CC1. The van der Waals surface area contributed by atoms with E-state index in [9.17, 15) is 9.59 Å². The quantitative estimate of drug-likeness (QED) is 0.684. The number of nitrogens with one attached hydrogen (secondary N) is 2. The Morgan fingerprint density at radius 1 is 1.11 bits per heavy atom. The molecule has 2 atom stereocenters. The maximum absolute atomic E-state index is 12.3. The van der Waals surface area contributed by atoms with Crippen molar-refractivity contribution in [1.82, 2.24) is 20.4 Å². The zero-order valence-electron chi connectivity index (χ0n) is 16.9. The van der Waals surface area contributed by atoms with Crippen LogP contribution in [0.5, 0.6) is 5.75 Å². The molecule has 0 saturated carbocycles. The van der Waals surface area contributed by atoms with Gasteiger partial charge in [-0.3, -0.25) is 19.4 Å². The van der Waals surface area contributed by atoms with Crippen molar-refractivity contribution in [3.63, 3.8) is 0 Å². The van der Waals surface area contributed by atoms with E-state index in [1.165, 1.54) is 5.56 Å². The molecule has 2 amide bonds. The first-order chi connectivity index (χ1) is 13.5. The molecule has 154 valence electrons. The molecule has 1 aromatic carbocycles. The second-order valence-corrected chi connectivity index (χ2v) is 7.78. The van der Waals surface area contributed by atoms with Gasteiger partial charge in [0.05, 0.1) is 19.6 Å². The van der Waals surface area contributed by atoms with Crippen LogP contribution in [0.1, 0.15) is 25.8 Å². The lowest BCUT2D eigenvalue weighted by molar-refractivity contribution is -0.125. The molecule has 2 N–H and O–H groups in total. The number of nitrogens with zero attached hydrogens (tertiary/aromatic N) is 2. The van der Waals surface area contributed by atoms with E-state index in [-0.39, 0.29) is 24.0 Å². The third kappa shape index (κ3) is 5.94. The van der Waals surface area contributed by atoms with Crippen LogP contribution in [0, 0.1) is 0 Å². The highest BCUT2D eigenvalue weighted by Gasteiger charge is 2.24. The summed E-state index contributed by atoms with van der Waals surface area (Å²) in [5, 5.41) is 6.00. The summed E-state index contributed by atoms with van der Waals surface area (Å²) >= 11 is 0. The predicted molar refractivity (Wildman–Crippen MR) is 108 cm³/mol. The van der Waals surface area contributed by atoms with E-state index in [1.54, 1.807) is 0 Å². The summed E-state index contributed by atoms with van der Waals surface area (Å²) in [6, 6.07) is 8.23. The lowest BCUT2D eigenvalue weighted by Gasteiger charge is -2.34. The van der Waals surface area contributed by atoms with Crippen molar-refractivity contribution in [2.45, 2.75) is 38.8 Å². The van der Waals surface area contributed by atoms with Gasteiger partial charge in [0.1, 0.15) is 11.9 Å². The van der Waals surface area contributed by atoms with Crippen molar-refractivity contribution in [1.29, 1.82) is 0 Å². The third-order valence-electron chi connectivity index (χ3n) is 5.46. The van der Waals surface area contributed by atoms with Gasteiger partial charge in [-0.2, -0.15) is 0 Å². The molecule has 0 bridgehead atoms. The van der Waals surface area contributed by atoms with Crippen molar-refractivity contribution in [2.75, 3.05) is 45.8 Å². The zero-order chi connectivity index (χ0) is 19.9. The fourth-order valence-corrected chi connectivity index (χ4v) is 3.59. The van der Waals surface area contributed by atoms with Crippen LogP contribution in [0.15, 0.2) is 24.3 Å². The molecule has 2 aliphatic rings. The summed E-state index contributed by atoms with van der Waals surface area (Å²) in [7, 11) is 0. The molecule has 0 aromatic heterocycles. The van der Waals surface area contributed by atoms with Gasteiger partial charge < -0.3 is 15.4 Å². The Bertz CT molecular complexity index is 648. The summed E-state index contributed by atoms with van der Waals surface area (Å²) in [6.07, 6.45) is 1.79. The van der Waals surface area contributed by atoms with Crippen molar-refractivity contribution >= 4 is 11.8 Å². The second kappa shape index (κ2) is 9.89. The van der Waals surface area contributed by atoms with Gasteiger partial charge in [-0.25, -0.2) is 0 Å². The molecular formula is C21H32N4O3. The van der Waals surface area contributed by atoms with E-state index in [0.29, 0.717) is 19.6 Å². The zero-order valence-corrected chi connectivity index (χ0v) is 16.9. The maximum Gasteiger partial charge on any atom is 0.234 e. The summed E-state index contributed by atoms with van der Waals surface area (Å²) < 4.78 is 5.86. The van der Waals surface area contributed by atoms with Gasteiger partial charge in [0.25, 0.3) is 0 Å². The van der Waals surface area contributed by atoms with E-state index in [0.717, 1.165) is 44.8 Å². The molecule has 0 radical (unpaired) electrons. The molecule has 2 heterocycles. The van der Waals surface area contributed by atoms with Crippen LogP contribution in [-0.2, 0) is 16.0 Å². The highest BCUT2D eigenvalue weighted by Crippen LogP contribution is 2.27. The van der Waals surface area contributed by atoms with Crippen LogP contribution in [0.3, 0.4) is 0 Å². The first-order valence-corrected chi connectivity index (χ1v) is 10.3. The lowest BCUT2D eigenvalue weighted by atomic mass is 10.1. The van der Waals surface area contributed by atoms with E-state index in [2.05, 4.69) is 33.4 Å². The van der Waals surface area contributed by atoms with Crippen LogP contribution in [0.2, 0.25) is 0 Å². The van der Waals surface area contributed by atoms with Gasteiger partial charge in [0.2, 0.25) is 11.8 Å². The van der Waals surface area contributed by atoms with Crippen LogP contribution in [0.4, 0.5) is 0 Å². The molecular weight excluding hydrogens is 356 g/mol. The van der Waals surface area contributed by atoms with E-state index in [4.69, 9.17) is 4.74 Å². The number of hydrogen-bond donors (Lipinski definition) is 2. The Morgan fingerprint density at radius 2 is 1.75 bits per heavy atom. The molecule has 2 unspecified atom stereocenters. The van der Waals surface area contributed by atoms with Gasteiger partial charge >= 0.3 is 0 Å². The van der Waals surface area contributed by atoms with Gasteiger partial charge in [0, 0.05) is 38.6 Å². The predicted octanol–water partition coefficient (Wildman–Crippen LogP) is 0.639. The molecule has 1 aromatic rings. The Labute approximate surface area is 167 Å². The minimum Gasteiger partial charge on any atom is -0.488 e. The Morgan fingerprint density at radius 3 is 2.39 bits per heavy atom. The Hall–Kier alpha value is -2.12. The fraction of sp³-hybridized carbons (Fsp3) is 0.619. The molecule has 1 saturated heterocycles. The average molecular weight is 389 g/mol. The minimum atomic E-state index is 0.0159. The summed E-state index contributed by atoms with van der Waals surface area (Å²) in [5.74, 6) is 1.04. The number of amides is 2. The van der Waals surface area contributed by atoms with Gasteiger partial charge in [0.15, 0.2) is 0 Å². The number of fused-ring (bicyclic) bond motifs is 1. The summed E-state index contributed by atoms with van der Waals surface area (Å²) in [4.78, 5) is 28.5. The number of hydrogen-bond acceptors (Lipinski definition) is 5. The summed E-state index contributed by atoms with van der Waals surface area (Å²) in [5.41, 5.74) is 1.20. The van der Waals surface area contributed by atoms with Crippen molar-refractivity contribution < 1.29 is 14.3 Å². The molecule has 2 aliphatic heterocycles. The van der Waals surface area contributed by atoms with Crippen LogP contribution in [-0.4, -0.2) is 79.6 Å². The Balaban J connectivity index is 1.30. The van der Waals surface area contributed by atoms with Gasteiger partial charge in [-0.1, -0.05) is 25.1 Å². The summed E-state index contributed by atoms with van der Waals surface area (Å²) in [6.45, 7) is 8.66. The molecule has 3 rings (SSSR count). The number of rotatable bonds is 8. The number of benzene rings is 1. The highest BCUT2D eigenvalue weighted by atomic mass is 16.5. The van der Waals surface area contributed by atoms with Crippen LogP contribution >= 0.6 is 0 Å². The van der Waals surface area contributed by atoms with Crippen molar-refractivity contribution in [2.24, 2.45) is 0 Å². The molecule has 0 spiro atoms. The topological polar surface area (TPSA) is 73.9 Å². The van der Waals surface area contributed by atoms with Crippen LogP contribution < -0.4 is 15.4 Å². The fourth-order valence-electron chi connectivity index (χ4n) is 3.59. The molecule has 0 aliphatic carbocycles. The smallest absolute Gasteiger partial charge is 0.234 e. The maximum atomic E-state index is 12.3. The third-order valence-corrected chi connectivity index (χ3v) is 5.46. The minimum absolute atomic E-state index is 0.0159. The normalized spacial score (nSPS) is 20.9. The molecule has 7 nitrogen and oxygen atoms in total. The molecule has 28 heavy (non-hydrogen) atoms. The first-order valence-electron chi connectivity index (χ1n) is 10.3. The molecule has 7 heteroatoms. The van der Waals surface area contributed by atoms with E-state index < -0.39 is 0 Å². The average Bonchev–Trinajstić information content (AvgIpc) is 3.11. The van der Waals surface area contributed by atoms with E-state index >= 15 is 0 Å². The molecule has 1 fully saturated rings. The van der Waals surface area contributed by atoms with Gasteiger partial charge in [-0.15, -0.1) is 0 Å².